The van der Waals surface area contributed by atoms with Gasteiger partial charge < -0.3 is 5.73 Å². The highest BCUT2D eigenvalue weighted by atomic mass is 15.2. The minimum atomic E-state index is 0.459. The van der Waals surface area contributed by atoms with Crippen LogP contribution in [-0.4, -0.2) is 29.6 Å². The van der Waals surface area contributed by atoms with E-state index in [9.17, 15) is 0 Å². The SMILES string of the molecule is CCC1C(N)CCN1C1CC1. The van der Waals surface area contributed by atoms with Crippen LogP contribution < -0.4 is 5.73 Å². The number of likely N-dealkylation sites (tertiary alicyclic amines) is 1. The molecular formula is C9H18N2. The molecule has 2 N–H and O–H groups in total. The number of hydrogen-bond donors (Lipinski definition) is 1. The van der Waals surface area contributed by atoms with Crippen LogP contribution in [-0.2, 0) is 0 Å². The van der Waals surface area contributed by atoms with Crippen molar-refractivity contribution in [2.24, 2.45) is 5.73 Å². The van der Waals surface area contributed by atoms with E-state index < -0.39 is 0 Å². The lowest BCUT2D eigenvalue weighted by Gasteiger charge is -2.24. The van der Waals surface area contributed by atoms with Crippen LogP contribution >= 0.6 is 0 Å². The molecule has 2 nitrogen and oxygen atoms in total. The van der Waals surface area contributed by atoms with E-state index in [1.54, 1.807) is 0 Å². The summed E-state index contributed by atoms with van der Waals surface area (Å²) >= 11 is 0. The van der Waals surface area contributed by atoms with Crippen molar-refractivity contribution in [2.75, 3.05) is 6.54 Å². The van der Waals surface area contributed by atoms with E-state index >= 15 is 0 Å². The van der Waals surface area contributed by atoms with Gasteiger partial charge in [0.15, 0.2) is 0 Å². The van der Waals surface area contributed by atoms with Gasteiger partial charge >= 0.3 is 0 Å². The van der Waals surface area contributed by atoms with E-state index in [4.69, 9.17) is 5.73 Å². The van der Waals surface area contributed by atoms with E-state index in [2.05, 4.69) is 11.8 Å². The first kappa shape index (κ1) is 7.56. The van der Waals surface area contributed by atoms with Crippen LogP contribution in [0.5, 0.6) is 0 Å². The van der Waals surface area contributed by atoms with Crippen molar-refractivity contribution in [3.63, 3.8) is 0 Å². The van der Waals surface area contributed by atoms with Gasteiger partial charge in [0.2, 0.25) is 0 Å². The molecule has 2 aliphatic rings. The minimum absolute atomic E-state index is 0.459. The maximum atomic E-state index is 6.00. The van der Waals surface area contributed by atoms with Crippen molar-refractivity contribution in [1.29, 1.82) is 0 Å². The molecule has 2 fully saturated rings. The Morgan fingerprint density at radius 2 is 2.09 bits per heavy atom. The van der Waals surface area contributed by atoms with E-state index in [-0.39, 0.29) is 0 Å². The van der Waals surface area contributed by atoms with Crippen molar-refractivity contribution in [2.45, 2.75) is 50.7 Å². The molecule has 0 amide bonds. The molecule has 0 aromatic carbocycles. The molecule has 64 valence electrons. The minimum Gasteiger partial charge on any atom is -0.326 e. The highest BCUT2D eigenvalue weighted by Crippen LogP contribution is 2.33. The molecule has 2 heteroatoms. The zero-order valence-electron chi connectivity index (χ0n) is 7.29. The molecule has 1 aliphatic carbocycles. The van der Waals surface area contributed by atoms with Crippen molar-refractivity contribution >= 4 is 0 Å². The summed E-state index contributed by atoms with van der Waals surface area (Å²) < 4.78 is 0. The highest BCUT2D eigenvalue weighted by Gasteiger charge is 2.39. The van der Waals surface area contributed by atoms with Crippen LogP contribution in [0.4, 0.5) is 0 Å². The van der Waals surface area contributed by atoms with Gasteiger partial charge in [0, 0.05) is 24.7 Å². The molecule has 0 radical (unpaired) electrons. The predicted octanol–water partition coefficient (Wildman–Crippen LogP) is 0.960. The fraction of sp³-hybridized carbons (Fsp3) is 1.00. The molecule has 2 rings (SSSR count). The van der Waals surface area contributed by atoms with Crippen LogP contribution in [0.1, 0.15) is 32.6 Å². The standard InChI is InChI=1S/C9H18N2/c1-2-9-8(10)5-6-11(9)7-3-4-7/h7-9H,2-6,10H2,1H3. The third kappa shape index (κ3) is 1.30. The Kier molecular flexibility index (Phi) is 1.90. The fourth-order valence-electron chi connectivity index (χ4n) is 2.30. The molecule has 0 aromatic heterocycles. The van der Waals surface area contributed by atoms with Crippen LogP contribution in [0.15, 0.2) is 0 Å². The van der Waals surface area contributed by atoms with Gasteiger partial charge in [0.1, 0.15) is 0 Å². The Morgan fingerprint density at radius 3 is 2.64 bits per heavy atom. The van der Waals surface area contributed by atoms with Crippen molar-refractivity contribution in [3.8, 4) is 0 Å². The average molecular weight is 154 g/mol. The van der Waals surface area contributed by atoms with Crippen molar-refractivity contribution in [1.82, 2.24) is 4.90 Å². The Balaban J connectivity index is 1.97. The molecule has 1 aliphatic heterocycles. The monoisotopic (exact) mass is 154 g/mol. The zero-order valence-corrected chi connectivity index (χ0v) is 7.29. The molecule has 1 heterocycles. The maximum absolute atomic E-state index is 6.00. The first-order valence-electron chi connectivity index (χ1n) is 4.84. The van der Waals surface area contributed by atoms with Crippen molar-refractivity contribution < 1.29 is 0 Å². The normalized spacial score (nSPS) is 39.8. The second-order valence-corrected chi connectivity index (χ2v) is 3.90. The molecule has 0 aromatic rings. The Morgan fingerprint density at radius 1 is 1.36 bits per heavy atom. The molecule has 11 heavy (non-hydrogen) atoms. The third-order valence-corrected chi connectivity index (χ3v) is 3.08. The number of rotatable bonds is 2. The summed E-state index contributed by atoms with van der Waals surface area (Å²) in [6.07, 6.45) is 5.29. The average Bonchev–Trinajstić information content (AvgIpc) is 2.76. The molecule has 0 bridgehead atoms. The van der Waals surface area contributed by atoms with Gasteiger partial charge in [-0.3, -0.25) is 4.90 Å². The van der Waals surface area contributed by atoms with Crippen LogP contribution in [0.2, 0.25) is 0 Å². The molecular weight excluding hydrogens is 136 g/mol. The fourth-order valence-corrected chi connectivity index (χ4v) is 2.30. The first-order chi connectivity index (χ1) is 5.33. The third-order valence-electron chi connectivity index (χ3n) is 3.08. The summed E-state index contributed by atoms with van der Waals surface area (Å²) in [6.45, 7) is 3.51. The largest absolute Gasteiger partial charge is 0.326 e. The summed E-state index contributed by atoms with van der Waals surface area (Å²) in [5, 5.41) is 0. The summed E-state index contributed by atoms with van der Waals surface area (Å²) in [4.78, 5) is 2.63. The van der Waals surface area contributed by atoms with Gasteiger partial charge in [-0.05, 0) is 25.7 Å². The van der Waals surface area contributed by atoms with Gasteiger partial charge in [-0.15, -0.1) is 0 Å². The van der Waals surface area contributed by atoms with Crippen LogP contribution in [0.25, 0.3) is 0 Å². The summed E-state index contributed by atoms with van der Waals surface area (Å²) in [7, 11) is 0. The molecule has 2 unspecified atom stereocenters. The molecule has 1 saturated heterocycles. The van der Waals surface area contributed by atoms with Crippen molar-refractivity contribution in [3.05, 3.63) is 0 Å². The molecule has 2 atom stereocenters. The van der Waals surface area contributed by atoms with Gasteiger partial charge in [-0.25, -0.2) is 0 Å². The molecule has 0 spiro atoms. The van der Waals surface area contributed by atoms with E-state index in [1.165, 1.54) is 32.2 Å². The zero-order chi connectivity index (χ0) is 7.84. The smallest absolute Gasteiger partial charge is 0.0248 e. The number of nitrogens with two attached hydrogens (primary N) is 1. The second-order valence-electron chi connectivity index (χ2n) is 3.90. The number of hydrogen-bond acceptors (Lipinski definition) is 2. The van der Waals surface area contributed by atoms with Gasteiger partial charge in [-0.2, -0.15) is 0 Å². The van der Waals surface area contributed by atoms with Gasteiger partial charge in [0.25, 0.3) is 0 Å². The summed E-state index contributed by atoms with van der Waals surface area (Å²) in [6, 6.07) is 2.07. The van der Waals surface area contributed by atoms with E-state index in [0.29, 0.717) is 12.1 Å². The van der Waals surface area contributed by atoms with E-state index in [1.807, 2.05) is 0 Å². The van der Waals surface area contributed by atoms with E-state index in [0.717, 1.165) is 6.04 Å². The summed E-state index contributed by atoms with van der Waals surface area (Å²) in [5.41, 5.74) is 6.00. The molecule has 1 saturated carbocycles. The number of nitrogens with zero attached hydrogens (tertiary/aromatic N) is 1. The van der Waals surface area contributed by atoms with Crippen LogP contribution in [0.3, 0.4) is 0 Å². The summed E-state index contributed by atoms with van der Waals surface area (Å²) in [5.74, 6) is 0. The Hall–Kier alpha value is -0.0800. The van der Waals surface area contributed by atoms with Gasteiger partial charge in [-0.1, -0.05) is 6.92 Å². The predicted molar refractivity (Wildman–Crippen MR) is 46.4 cm³/mol. The second kappa shape index (κ2) is 2.76. The van der Waals surface area contributed by atoms with Gasteiger partial charge in [0.05, 0.1) is 0 Å². The highest BCUT2D eigenvalue weighted by molar-refractivity contribution is 4.97. The maximum Gasteiger partial charge on any atom is 0.0248 e. The lowest BCUT2D eigenvalue weighted by molar-refractivity contribution is 0.229. The first-order valence-corrected chi connectivity index (χ1v) is 4.84. The lowest BCUT2D eigenvalue weighted by Crippen LogP contribution is -2.39. The Bertz CT molecular complexity index is 142. The quantitative estimate of drug-likeness (QED) is 0.642. The van der Waals surface area contributed by atoms with Crippen LogP contribution in [0, 0.1) is 0 Å². The Labute approximate surface area is 68.7 Å². The topological polar surface area (TPSA) is 29.3 Å². The lowest BCUT2D eigenvalue weighted by atomic mass is 10.1.